The van der Waals surface area contributed by atoms with Crippen molar-refractivity contribution in [3.63, 3.8) is 0 Å². The van der Waals surface area contributed by atoms with Gasteiger partial charge in [0.1, 0.15) is 0 Å². The van der Waals surface area contributed by atoms with Crippen molar-refractivity contribution in [3.05, 3.63) is 0 Å². The molecule has 2 aliphatic rings. The van der Waals surface area contributed by atoms with Crippen molar-refractivity contribution in [2.45, 2.75) is 65.1 Å². The van der Waals surface area contributed by atoms with Gasteiger partial charge in [-0.1, -0.05) is 26.2 Å². The van der Waals surface area contributed by atoms with Gasteiger partial charge in [0.15, 0.2) is 0 Å². The lowest BCUT2D eigenvalue weighted by Gasteiger charge is -2.53. The van der Waals surface area contributed by atoms with Crippen molar-refractivity contribution in [2.75, 3.05) is 26.3 Å². The molecule has 0 radical (unpaired) electrons. The molecule has 0 spiro atoms. The fourth-order valence-corrected chi connectivity index (χ4v) is 7.91. The van der Waals surface area contributed by atoms with E-state index in [9.17, 15) is 0 Å². The molecule has 20 heavy (non-hydrogen) atoms. The Morgan fingerprint density at radius 1 is 1.05 bits per heavy atom. The molecule has 0 N–H and O–H groups in total. The van der Waals surface area contributed by atoms with Crippen molar-refractivity contribution in [1.29, 1.82) is 0 Å². The second-order valence-electron chi connectivity index (χ2n) is 6.76. The predicted molar refractivity (Wildman–Crippen MR) is 86.0 cm³/mol. The van der Waals surface area contributed by atoms with E-state index in [0.717, 1.165) is 25.0 Å². The molecule has 1 saturated carbocycles. The van der Waals surface area contributed by atoms with Crippen LogP contribution in [0.5, 0.6) is 0 Å². The fraction of sp³-hybridized carbons (Fsp3) is 1.00. The summed E-state index contributed by atoms with van der Waals surface area (Å²) in [7, 11) is -2.05. The van der Waals surface area contributed by atoms with E-state index in [1.54, 1.807) is 0 Å². The first-order valence-electron chi connectivity index (χ1n) is 8.62. The Kier molecular flexibility index (Phi) is 6.08. The smallest absolute Gasteiger partial charge is 0.353 e. The van der Waals surface area contributed by atoms with Gasteiger partial charge in [0.25, 0.3) is 0 Å². The molecule has 3 nitrogen and oxygen atoms in total. The Hall–Kier alpha value is 0.0969. The number of hydrogen-bond acceptors (Lipinski definition) is 3. The van der Waals surface area contributed by atoms with E-state index in [1.165, 1.54) is 45.2 Å². The van der Waals surface area contributed by atoms with E-state index in [0.29, 0.717) is 5.67 Å². The van der Waals surface area contributed by atoms with Crippen molar-refractivity contribution in [3.8, 4) is 0 Å². The molecule has 2 fully saturated rings. The summed E-state index contributed by atoms with van der Waals surface area (Å²) in [5.41, 5.74) is 0.560. The maximum Gasteiger partial charge on any atom is 0.353 e. The monoisotopic (exact) mass is 299 g/mol. The lowest BCUT2D eigenvalue weighted by molar-refractivity contribution is 0.0120. The molecular weight excluding hydrogens is 266 g/mol. The van der Waals surface area contributed by atoms with E-state index >= 15 is 0 Å². The Balaban J connectivity index is 1.96. The lowest BCUT2D eigenvalue weighted by atomic mass is 9.87. The van der Waals surface area contributed by atoms with E-state index < -0.39 is 8.56 Å². The zero-order valence-corrected chi connectivity index (χ0v) is 14.9. The summed E-state index contributed by atoms with van der Waals surface area (Å²) in [6.45, 7) is 12.9. The second-order valence-corrected chi connectivity index (χ2v) is 9.96. The molecule has 0 aromatic carbocycles. The zero-order valence-electron chi connectivity index (χ0n) is 13.9. The van der Waals surface area contributed by atoms with Gasteiger partial charge in [0.2, 0.25) is 0 Å². The second kappa shape index (κ2) is 7.39. The minimum absolute atomic E-state index is 0.560. The maximum atomic E-state index is 6.14. The molecule has 1 aliphatic carbocycles. The molecule has 1 heterocycles. The van der Waals surface area contributed by atoms with Crippen molar-refractivity contribution in [1.82, 2.24) is 4.90 Å². The number of nitrogens with zero attached hydrogens (tertiary/aromatic N) is 1. The molecule has 1 saturated heterocycles. The Morgan fingerprint density at radius 2 is 1.65 bits per heavy atom. The highest BCUT2D eigenvalue weighted by Gasteiger charge is 2.53. The summed E-state index contributed by atoms with van der Waals surface area (Å²) in [5, 5.41) is 0. The Bertz CT molecular complexity index is 288. The van der Waals surface area contributed by atoms with Crippen LogP contribution in [0.25, 0.3) is 0 Å². The average Bonchev–Trinajstić information content (AvgIpc) is 2.39. The first kappa shape index (κ1) is 16.5. The molecule has 118 valence electrons. The van der Waals surface area contributed by atoms with Gasteiger partial charge < -0.3 is 8.85 Å². The largest absolute Gasteiger partial charge is 0.394 e. The van der Waals surface area contributed by atoms with Gasteiger partial charge in [0, 0.05) is 26.3 Å². The highest BCUT2D eigenvalue weighted by molar-refractivity contribution is 6.68. The summed E-state index contributed by atoms with van der Waals surface area (Å²) in [4.78, 5) is 2.68. The first-order valence-corrected chi connectivity index (χ1v) is 11.0. The first-order chi connectivity index (χ1) is 9.60. The van der Waals surface area contributed by atoms with Crippen LogP contribution in [0.4, 0.5) is 0 Å². The van der Waals surface area contributed by atoms with Crippen LogP contribution in [-0.2, 0) is 8.85 Å². The minimum Gasteiger partial charge on any atom is -0.394 e. The Labute approximate surface area is 126 Å². The molecule has 0 aromatic heterocycles. The van der Waals surface area contributed by atoms with Crippen LogP contribution < -0.4 is 0 Å². The van der Waals surface area contributed by atoms with Crippen molar-refractivity contribution < 1.29 is 8.85 Å². The van der Waals surface area contributed by atoms with Crippen LogP contribution in [0.1, 0.15) is 52.9 Å². The van der Waals surface area contributed by atoms with Crippen LogP contribution in [0, 0.1) is 11.8 Å². The third kappa shape index (κ3) is 3.64. The zero-order chi connectivity index (χ0) is 14.6. The van der Waals surface area contributed by atoms with Gasteiger partial charge in [-0.15, -0.1) is 0 Å². The van der Waals surface area contributed by atoms with Crippen molar-refractivity contribution in [2.24, 2.45) is 11.8 Å². The number of hydrogen-bond donors (Lipinski definition) is 0. The van der Waals surface area contributed by atoms with E-state index in [1.807, 2.05) is 0 Å². The molecular formula is C16H33NO2Si. The van der Waals surface area contributed by atoms with Gasteiger partial charge in [-0.3, -0.25) is 4.90 Å². The average molecular weight is 300 g/mol. The molecule has 1 aliphatic heterocycles. The molecule has 2 atom stereocenters. The minimum atomic E-state index is -2.05. The summed E-state index contributed by atoms with van der Waals surface area (Å²) in [6.07, 6.45) is 7.17. The van der Waals surface area contributed by atoms with Gasteiger partial charge in [-0.05, 0) is 45.1 Å². The molecule has 0 aromatic rings. The maximum absolute atomic E-state index is 6.14. The third-order valence-electron chi connectivity index (χ3n) is 5.07. The summed E-state index contributed by atoms with van der Waals surface area (Å²) in [6, 6.07) is 0. The van der Waals surface area contributed by atoms with Crippen LogP contribution in [0.3, 0.4) is 0 Å². The lowest BCUT2D eigenvalue weighted by Crippen LogP contribution is -2.70. The van der Waals surface area contributed by atoms with Crippen LogP contribution in [0.15, 0.2) is 0 Å². The van der Waals surface area contributed by atoms with Crippen molar-refractivity contribution >= 4 is 8.56 Å². The number of rotatable bonds is 7. The van der Waals surface area contributed by atoms with Gasteiger partial charge in [-0.2, -0.15) is 0 Å². The highest BCUT2D eigenvalue weighted by Crippen LogP contribution is 2.36. The van der Waals surface area contributed by atoms with E-state index in [2.05, 4.69) is 32.2 Å². The number of likely N-dealkylation sites (tertiary alicyclic amines) is 1. The molecule has 2 rings (SSSR count). The van der Waals surface area contributed by atoms with E-state index in [4.69, 9.17) is 8.85 Å². The third-order valence-corrected chi connectivity index (χ3v) is 8.80. The van der Waals surface area contributed by atoms with Gasteiger partial charge >= 0.3 is 8.56 Å². The SMILES string of the molecule is CCO[Si](C)(OCC)C1C(C)CN1CC1CCCCC1. The summed E-state index contributed by atoms with van der Waals surface area (Å²) in [5.74, 6) is 1.65. The topological polar surface area (TPSA) is 21.7 Å². The van der Waals surface area contributed by atoms with Gasteiger partial charge in [-0.25, -0.2) is 0 Å². The van der Waals surface area contributed by atoms with Gasteiger partial charge in [0.05, 0.1) is 5.67 Å². The normalized spacial score (nSPS) is 29.4. The standard InChI is InChI=1S/C16H33NO2Si/c1-5-18-20(4,19-6-2)16-14(3)12-17(16)13-15-10-8-7-9-11-15/h14-16H,5-13H2,1-4H3. The molecule has 2 unspecified atom stereocenters. The molecule has 0 amide bonds. The highest BCUT2D eigenvalue weighted by atomic mass is 28.4. The summed E-state index contributed by atoms with van der Waals surface area (Å²) < 4.78 is 12.3. The van der Waals surface area contributed by atoms with Crippen LogP contribution in [-0.4, -0.2) is 45.4 Å². The summed E-state index contributed by atoms with van der Waals surface area (Å²) >= 11 is 0. The molecule has 0 bridgehead atoms. The van der Waals surface area contributed by atoms with Crippen LogP contribution in [0.2, 0.25) is 6.55 Å². The van der Waals surface area contributed by atoms with E-state index in [-0.39, 0.29) is 0 Å². The predicted octanol–water partition coefficient (Wildman–Crippen LogP) is 3.57. The Morgan fingerprint density at radius 3 is 2.15 bits per heavy atom. The quantitative estimate of drug-likeness (QED) is 0.671. The molecule has 4 heteroatoms. The van der Waals surface area contributed by atoms with Crippen LogP contribution >= 0.6 is 0 Å². The fourth-order valence-electron chi connectivity index (χ4n) is 4.33.